The lowest BCUT2D eigenvalue weighted by molar-refractivity contribution is 0.272. The Labute approximate surface area is 353 Å². The Kier molecular flexibility index (Phi) is 12.5. The number of hydrogen-bond donors (Lipinski definition) is 1. The quantitative estimate of drug-likeness (QED) is 0.107. The topological polar surface area (TPSA) is 163 Å². The first kappa shape index (κ1) is 44.2. The Balaban J connectivity index is 1.45. The van der Waals surface area contributed by atoms with Crippen LogP contribution >= 0.6 is 0 Å². The summed E-state index contributed by atoms with van der Waals surface area (Å²) in [4.78, 5) is -0.876. The molecule has 0 atom stereocenters. The Bertz CT molecular complexity index is 2570. The van der Waals surface area contributed by atoms with Crippen LogP contribution in [0.5, 0.6) is 0 Å². The van der Waals surface area contributed by atoms with Crippen molar-refractivity contribution in [2.75, 3.05) is 14.0 Å². The number of hydrogen-bond acceptors (Lipinski definition) is 9. The molecule has 0 saturated carbocycles. The molecule has 6 aromatic carbocycles. The predicted molar refractivity (Wildman–Crippen MR) is 234 cm³/mol. The summed E-state index contributed by atoms with van der Waals surface area (Å²) in [6.45, 7) is 8.85. The molecular formula is C45H46N2O9S4. The number of anilines is 2. The number of aliphatic hydroxyl groups is 1. The molecule has 0 radical (unpaired) electrons. The standard InChI is InChI=1S/C45H46N2O9S4/c1-33-7-23-41(24-8-33)57(49,50)46(58(51,52)42-25-9-34(2)10-26-42)39-19-15-37(16-20-39)45(5,31-6-32-48)38-17-21-40(22-18-38)47(59(53,54)43-27-11-35(3)12-28-43)60(55,56)44-29-13-36(4)14-30-44/h7-30,48H,6,31-32H2,1-5H3. The molecule has 314 valence electrons. The Morgan fingerprint density at radius 1 is 0.400 bits per heavy atom. The fourth-order valence-electron chi connectivity index (χ4n) is 6.83. The fraction of sp³-hybridized carbons (Fsp3) is 0.200. The normalized spacial score (nSPS) is 12.6. The zero-order chi connectivity index (χ0) is 43.7. The van der Waals surface area contributed by atoms with Crippen LogP contribution in [0.25, 0.3) is 0 Å². The Morgan fingerprint density at radius 2 is 0.633 bits per heavy atom. The number of rotatable bonds is 15. The van der Waals surface area contributed by atoms with Crippen molar-refractivity contribution >= 4 is 51.5 Å². The maximum absolute atomic E-state index is 14.2. The van der Waals surface area contributed by atoms with Crippen molar-refractivity contribution in [1.82, 2.24) is 0 Å². The van der Waals surface area contributed by atoms with Gasteiger partial charge in [-0.2, -0.15) is 7.42 Å². The van der Waals surface area contributed by atoms with Crippen LogP contribution in [0.2, 0.25) is 0 Å². The van der Waals surface area contributed by atoms with Gasteiger partial charge in [-0.1, -0.05) is 102 Å². The second kappa shape index (κ2) is 17.0. The van der Waals surface area contributed by atoms with E-state index in [0.717, 1.165) is 22.3 Å². The first-order valence-electron chi connectivity index (χ1n) is 18.9. The zero-order valence-corrected chi connectivity index (χ0v) is 37.0. The lowest BCUT2D eigenvalue weighted by Gasteiger charge is -2.32. The molecule has 1 N–H and O–H groups in total. The minimum Gasteiger partial charge on any atom is -0.396 e. The van der Waals surface area contributed by atoms with Gasteiger partial charge in [0.2, 0.25) is 0 Å². The second-order valence-electron chi connectivity index (χ2n) is 14.9. The molecule has 0 aliphatic heterocycles. The first-order chi connectivity index (χ1) is 28.2. The maximum atomic E-state index is 14.2. The average molecular weight is 887 g/mol. The van der Waals surface area contributed by atoms with Crippen molar-refractivity contribution in [2.24, 2.45) is 0 Å². The molecule has 0 spiro atoms. The smallest absolute Gasteiger partial charge is 0.277 e. The molecule has 0 aliphatic carbocycles. The van der Waals surface area contributed by atoms with E-state index >= 15 is 0 Å². The van der Waals surface area contributed by atoms with Crippen LogP contribution in [0, 0.1) is 27.7 Å². The van der Waals surface area contributed by atoms with E-state index in [4.69, 9.17) is 0 Å². The molecule has 0 fully saturated rings. The van der Waals surface area contributed by atoms with Gasteiger partial charge in [0.05, 0.1) is 31.0 Å². The van der Waals surface area contributed by atoms with Crippen molar-refractivity contribution in [3.05, 3.63) is 179 Å². The summed E-state index contributed by atoms with van der Waals surface area (Å²) in [5.41, 5.74) is 3.17. The van der Waals surface area contributed by atoms with E-state index in [0.29, 0.717) is 31.4 Å². The van der Waals surface area contributed by atoms with E-state index in [9.17, 15) is 38.8 Å². The van der Waals surface area contributed by atoms with E-state index in [1.54, 1.807) is 100 Å². The van der Waals surface area contributed by atoms with Gasteiger partial charge < -0.3 is 5.11 Å². The van der Waals surface area contributed by atoms with Gasteiger partial charge >= 0.3 is 0 Å². The largest absolute Gasteiger partial charge is 0.396 e. The van der Waals surface area contributed by atoms with Crippen LogP contribution in [-0.2, 0) is 45.5 Å². The lowest BCUT2D eigenvalue weighted by Crippen LogP contribution is -2.37. The number of aryl methyl sites for hydroxylation is 4. The molecule has 15 heteroatoms. The van der Waals surface area contributed by atoms with Crippen molar-refractivity contribution < 1.29 is 38.8 Å². The fourth-order valence-corrected chi connectivity index (χ4v) is 14.2. The third-order valence-corrected chi connectivity index (χ3v) is 18.8. The molecule has 6 aromatic rings. The lowest BCUT2D eigenvalue weighted by atomic mass is 9.73. The van der Waals surface area contributed by atoms with Gasteiger partial charge in [0.1, 0.15) is 0 Å². The van der Waals surface area contributed by atoms with Gasteiger partial charge in [0.25, 0.3) is 40.1 Å². The highest BCUT2D eigenvalue weighted by atomic mass is 32.3. The summed E-state index contributed by atoms with van der Waals surface area (Å²) in [5.74, 6) is 0. The number of benzene rings is 6. The van der Waals surface area contributed by atoms with Crippen molar-refractivity contribution in [3.8, 4) is 0 Å². The Hall–Kier alpha value is -5.32. The van der Waals surface area contributed by atoms with Crippen LogP contribution in [0.3, 0.4) is 0 Å². The molecule has 0 heterocycles. The van der Waals surface area contributed by atoms with Gasteiger partial charge in [0, 0.05) is 12.0 Å². The predicted octanol–water partition coefficient (Wildman–Crippen LogP) is 8.17. The van der Waals surface area contributed by atoms with Crippen LogP contribution in [-0.4, -0.2) is 45.4 Å². The third-order valence-electron chi connectivity index (χ3n) is 10.4. The van der Waals surface area contributed by atoms with Crippen LogP contribution in [0.15, 0.2) is 165 Å². The summed E-state index contributed by atoms with van der Waals surface area (Å²) in [5, 5.41) is 9.94. The molecule has 0 aliphatic rings. The highest BCUT2D eigenvalue weighted by Crippen LogP contribution is 2.41. The molecule has 0 amide bonds. The Morgan fingerprint density at radius 3 is 0.850 bits per heavy atom. The van der Waals surface area contributed by atoms with Gasteiger partial charge in [-0.3, -0.25) is 0 Å². The van der Waals surface area contributed by atoms with Crippen LogP contribution in [0.4, 0.5) is 11.4 Å². The summed E-state index contributed by atoms with van der Waals surface area (Å²) in [6.07, 6.45) is 0.674. The zero-order valence-electron chi connectivity index (χ0n) is 33.7. The van der Waals surface area contributed by atoms with E-state index < -0.39 is 45.5 Å². The van der Waals surface area contributed by atoms with E-state index in [-0.39, 0.29) is 37.6 Å². The summed E-state index contributed by atoms with van der Waals surface area (Å²) in [7, 11) is -18.7. The summed E-state index contributed by atoms with van der Waals surface area (Å²) >= 11 is 0. The molecule has 60 heavy (non-hydrogen) atoms. The number of nitrogens with zero attached hydrogens (tertiary/aromatic N) is 2. The molecule has 6 rings (SSSR count). The van der Waals surface area contributed by atoms with Gasteiger partial charge in [-0.15, -0.1) is 0 Å². The van der Waals surface area contributed by atoms with Gasteiger partial charge in [-0.05, 0) is 124 Å². The van der Waals surface area contributed by atoms with Crippen LogP contribution in [0.1, 0.15) is 53.1 Å². The molecule has 0 unspecified atom stereocenters. The van der Waals surface area contributed by atoms with E-state index in [1.165, 1.54) is 72.8 Å². The van der Waals surface area contributed by atoms with E-state index in [2.05, 4.69) is 0 Å². The molecule has 11 nitrogen and oxygen atoms in total. The van der Waals surface area contributed by atoms with Gasteiger partial charge in [-0.25, -0.2) is 33.7 Å². The summed E-state index contributed by atoms with van der Waals surface area (Å²) < 4.78 is 115. The van der Waals surface area contributed by atoms with Crippen molar-refractivity contribution in [2.45, 2.75) is 72.5 Å². The second-order valence-corrected chi connectivity index (χ2v) is 22.5. The molecule has 0 bridgehead atoms. The summed E-state index contributed by atoms with van der Waals surface area (Å²) in [6, 6.07) is 35.5. The molecule has 0 saturated heterocycles. The van der Waals surface area contributed by atoms with E-state index in [1.807, 2.05) is 6.92 Å². The van der Waals surface area contributed by atoms with Crippen molar-refractivity contribution in [3.63, 3.8) is 0 Å². The molecular weight excluding hydrogens is 841 g/mol. The SMILES string of the molecule is Cc1ccc(S(=O)(=O)N(c2ccc(C(C)(CCCO)c3ccc(N(S(=O)(=O)c4ccc(C)cc4)S(=O)(=O)c4ccc(C)cc4)cc3)cc2)S(=O)(=O)c2ccc(C)cc2)cc1. The monoisotopic (exact) mass is 886 g/mol. The number of aliphatic hydroxyl groups excluding tert-OH is 1. The highest BCUT2D eigenvalue weighted by Gasteiger charge is 2.39. The third kappa shape index (κ3) is 8.63. The van der Waals surface area contributed by atoms with Crippen LogP contribution < -0.4 is 7.42 Å². The highest BCUT2D eigenvalue weighted by molar-refractivity contribution is 8.10. The van der Waals surface area contributed by atoms with Crippen molar-refractivity contribution in [1.29, 1.82) is 0 Å². The van der Waals surface area contributed by atoms with Gasteiger partial charge in [0.15, 0.2) is 0 Å². The maximum Gasteiger partial charge on any atom is 0.277 e. The number of sulfonamides is 4. The average Bonchev–Trinajstić information content (AvgIpc) is 3.21. The first-order valence-corrected chi connectivity index (χ1v) is 24.7. The minimum absolute atomic E-state index is 0.141. The minimum atomic E-state index is -4.67. The molecule has 0 aromatic heterocycles.